The standard InChI is InChI=1S/C18H18N4OS/c1-12-4-5-14(13(2)10-12)6-9-21-17(23)15-11-24-18(22-15)16-19-7-3-8-20-16/h3-5,7-8,10-11H,6,9H2,1-2H3,(H,21,23). The number of carbonyl (C=O) groups excluding carboxylic acids is 1. The van der Waals surface area contributed by atoms with E-state index in [1.165, 1.54) is 28.0 Å². The summed E-state index contributed by atoms with van der Waals surface area (Å²) < 4.78 is 0. The molecular formula is C18H18N4OS. The van der Waals surface area contributed by atoms with Crippen LogP contribution in [-0.4, -0.2) is 27.4 Å². The molecule has 122 valence electrons. The van der Waals surface area contributed by atoms with Crippen LogP contribution < -0.4 is 5.32 Å². The number of carbonyl (C=O) groups is 1. The predicted octanol–water partition coefficient (Wildman–Crippen LogP) is 3.19. The number of aromatic nitrogens is 3. The lowest BCUT2D eigenvalue weighted by Gasteiger charge is -2.07. The molecule has 2 aromatic heterocycles. The molecule has 5 nitrogen and oxygen atoms in total. The monoisotopic (exact) mass is 338 g/mol. The first-order valence-corrected chi connectivity index (χ1v) is 8.58. The fourth-order valence-electron chi connectivity index (χ4n) is 2.42. The van der Waals surface area contributed by atoms with Gasteiger partial charge in [-0.2, -0.15) is 0 Å². The van der Waals surface area contributed by atoms with Crippen LogP contribution in [0.25, 0.3) is 10.8 Å². The van der Waals surface area contributed by atoms with Crippen molar-refractivity contribution < 1.29 is 4.79 Å². The number of nitrogens with zero attached hydrogens (tertiary/aromatic N) is 3. The minimum atomic E-state index is -0.168. The summed E-state index contributed by atoms with van der Waals surface area (Å²) in [6, 6.07) is 8.11. The van der Waals surface area contributed by atoms with E-state index in [-0.39, 0.29) is 5.91 Å². The molecule has 0 bridgehead atoms. The summed E-state index contributed by atoms with van der Waals surface area (Å²) in [7, 11) is 0. The summed E-state index contributed by atoms with van der Waals surface area (Å²) in [5.74, 6) is 0.370. The van der Waals surface area contributed by atoms with E-state index in [0.29, 0.717) is 23.1 Å². The third kappa shape index (κ3) is 3.83. The van der Waals surface area contributed by atoms with Gasteiger partial charge < -0.3 is 5.32 Å². The molecule has 0 spiro atoms. The molecule has 1 aromatic carbocycles. The smallest absolute Gasteiger partial charge is 0.270 e. The van der Waals surface area contributed by atoms with Gasteiger partial charge in [-0.15, -0.1) is 11.3 Å². The first-order valence-electron chi connectivity index (χ1n) is 7.71. The fourth-order valence-corrected chi connectivity index (χ4v) is 3.16. The van der Waals surface area contributed by atoms with E-state index >= 15 is 0 Å². The maximum Gasteiger partial charge on any atom is 0.270 e. The molecule has 2 heterocycles. The lowest BCUT2D eigenvalue weighted by Crippen LogP contribution is -2.26. The molecule has 0 aliphatic rings. The highest BCUT2D eigenvalue weighted by molar-refractivity contribution is 7.13. The van der Waals surface area contributed by atoms with Crippen LogP contribution in [0.15, 0.2) is 42.0 Å². The first-order chi connectivity index (χ1) is 11.6. The zero-order valence-electron chi connectivity index (χ0n) is 13.6. The molecule has 3 rings (SSSR count). The molecule has 0 saturated carbocycles. The summed E-state index contributed by atoms with van der Waals surface area (Å²) in [5.41, 5.74) is 4.15. The van der Waals surface area contributed by atoms with Crippen molar-refractivity contribution in [3.63, 3.8) is 0 Å². The summed E-state index contributed by atoms with van der Waals surface area (Å²) in [6.45, 7) is 4.75. The number of hydrogen-bond donors (Lipinski definition) is 1. The number of hydrogen-bond acceptors (Lipinski definition) is 5. The second-order valence-electron chi connectivity index (χ2n) is 5.55. The Balaban J connectivity index is 1.59. The fraction of sp³-hybridized carbons (Fsp3) is 0.222. The van der Waals surface area contributed by atoms with Crippen LogP contribution >= 0.6 is 11.3 Å². The molecule has 1 amide bonds. The second kappa shape index (κ2) is 7.31. The number of amides is 1. The Bertz CT molecular complexity index is 845. The number of nitrogens with one attached hydrogen (secondary N) is 1. The van der Waals surface area contributed by atoms with Gasteiger partial charge in [0, 0.05) is 24.3 Å². The zero-order valence-corrected chi connectivity index (χ0v) is 14.4. The summed E-state index contributed by atoms with van der Waals surface area (Å²) in [6.07, 6.45) is 4.12. The van der Waals surface area contributed by atoms with Crippen molar-refractivity contribution in [2.45, 2.75) is 20.3 Å². The van der Waals surface area contributed by atoms with Gasteiger partial charge in [-0.25, -0.2) is 15.0 Å². The lowest BCUT2D eigenvalue weighted by atomic mass is 10.0. The highest BCUT2D eigenvalue weighted by Crippen LogP contribution is 2.19. The minimum Gasteiger partial charge on any atom is -0.350 e. The minimum absolute atomic E-state index is 0.168. The van der Waals surface area contributed by atoms with E-state index in [2.05, 4.69) is 52.3 Å². The van der Waals surface area contributed by atoms with Gasteiger partial charge in [-0.3, -0.25) is 4.79 Å². The summed E-state index contributed by atoms with van der Waals surface area (Å²) >= 11 is 1.37. The Morgan fingerprint density at radius 1 is 1.21 bits per heavy atom. The Labute approximate surface area is 144 Å². The molecule has 3 aromatic rings. The average Bonchev–Trinajstić information content (AvgIpc) is 3.08. The SMILES string of the molecule is Cc1ccc(CCNC(=O)c2csc(-c3ncccn3)n2)c(C)c1. The van der Waals surface area contributed by atoms with Crippen LogP contribution in [0.4, 0.5) is 0 Å². The van der Waals surface area contributed by atoms with E-state index in [1.54, 1.807) is 23.8 Å². The van der Waals surface area contributed by atoms with Crippen LogP contribution in [0.2, 0.25) is 0 Å². The van der Waals surface area contributed by atoms with Crippen LogP contribution in [0.3, 0.4) is 0 Å². The van der Waals surface area contributed by atoms with Crippen LogP contribution in [0, 0.1) is 13.8 Å². The third-order valence-electron chi connectivity index (χ3n) is 3.67. The van der Waals surface area contributed by atoms with E-state index in [1.807, 2.05) is 0 Å². The van der Waals surface area contributed by atoms with Crippen LogP contribution in [0.1, 0.15) is 27.2 Å². The Morgan fingerprint density at radius 2 is 2.00 bits per heavy atom. The van der Waals surface area contributed by atoms with Crippen molar-refractivity contribution in [3.05, 3.63) is 64.4 Å². The number of thiazole rings is 1. The topological polar surface area (TPSA) is 67.8 Å². The average molecular weight is 338 g/mol. The quantitative estimate of drug-likeness (QED) is 0.776. The van der Waals surface area contributed by atoms with E-state index in [9.17, 15) is 4.79 Å². The largest absolute Gasteiger partial charge is 0.350 e. The van der Waals surface area contributed by atoms with Gasteiger partial charge in [-0.1, -0.05) is 23.8 Å². The molecular weight excluding hydrogens is 320 g/mol. The van der Waals surface area contributed by atoms with Gasteiger partial charge in [0.05, 0.1) is 0 Å². The third-order valence-corrected chi connectivity index (χ3v) is 4.51. The maximum absolute atomic E-state index is 12.2. The van der Waals surface area contributed by atoms with Gasteiger partial charge in [0.25, 0.3) is 5.91 Å². The number of aryl methyl sites for hydroxylation is 2. The van der Waals surface area contributed by atoms with E-state index in [4.69, 9.17) is 0 Å². The number of rotatable bonds is 5. The normalized spacial score (nSPS) is 10.6. The maximum atomic E-state index is 12.2. The van der Waals surface area contributed by atoms with E-state index in [0.717, 1.165) is 6.42 Å². The molecule has 0 aliphatic heterocycles. The summed E-state index contributed by atoms with van der Waals surface area (Å²) in [4.78, 5) is 24.8. The molecule has 0 radical (unpaired) electrons. The second-order valence-corrected chi connectivity index (χ2v) is 6.40. The predicted molar refractivity (Wildman–Crippen MR) is 95.1 cm³/mol. The molecule has 6 heteroatoms. The van der Waals surface area contributed by atoms with E-state index < -0.39 is 0 Å². The van der Waals surface area contributed by atoms with Crippen molar-refractivity contribution in [3.8, 4) is 10.8 Å². The molecule has 1 N–H and O–H groups in total. The molecule has 0 atom stereocenters. The molecule has 0 fully saturated rings. The van der Waals surface area contributed by atoms with Crippen LogP contribution in [-0.2, 0) is 6.42 Å². The van der Waals surface area contributed by atoms with Crippen LogP contribution in [0.5, 0.6) is 0 Å². The van der Waals surface area contributed by atoms with Gasteiger partial charge in [0.2, 0.25) is 0 Å². The lowest BCUT2D eigenvalue weighted by molar-refractivity contribution is 0.0950. The zero-order chi connectivity index (χ0) is 16.9. The summed E-state index contributed by atoms with van der Waals surface area (Å²) in [5, 5.41) is 5.30. The van der Waals surface area contributed by atoms with Crippen molar-refractivity contribution >= 4 is 17.2 Å². The van der Waals surface area contributed by atoms with Crippen molar-refractivity contribution in [1.82, 2.24) is 20.3 Å². The first kappa shape index (κ1) is 16.3. The molecule has 24 heavy (non-hydrogen) atoms. The van der Waals surface area contributed by atoms with Crippen molar-refractivity contribution in [2.75, 3.05) is 6.54 Å². The van der Waals surface area contributed by atoms with Crippen molar-refractivity contribution in [2.24, 2.45) is 0 Å². The highest BCUT2D eigenvalue weighted by atomic mass is 32.1. The van der Waals surface area contributed by atoms with Gasteiger partial charge in [0.15, 0.2) is 10.8 Å². The Hall–Kier alpha value is -2.60. The Kier molecular flexibility index (Phi) is 4.96. The molecule has 0 saturated heterocycles. The molecule has 0 unspecified atom stereocenters. The van der Waals surface area contributed by atoms with Gasteiger partial charge in [-0.05, 0) is 37.5 Å². The van der Waals surface area contributed by atoms with Gasteiger partial charge >= 0.3 is 0 Å². The van der Waals surface area contributed by atoms with Crippen molar-refractivity contribution in [1.29, 1.82) is 0 Å². The Morgan fingerprint density at radius 3 is 2.75 bits per heavy atom. The number of benzene rings is 1. The molecule has 0 aliphatic carbocycles. The highest BCUT2D eigenvalue weighted by Gasteiger charge is 2.12. The van der Waals surface area contributed by atoms with Gasteiger partial charge in [0.1, 0.15) is 5.69 Å².